The van der Waals surface area contributed by atoms with Crippen LogP contribution in [0.15, 0.2) is 0 Å². The summed E-state index contributed by atoms with van der Waals surface area (Å²) in [5, 5.41) is 0. The average molecular weight is 431 g/mol. The molecule has 0 saturated carbocycles. The van der Waals surface area contributed by atoms with Crippen LogP contribution in [0.25, 0.3) is 0 Å². The van der Waals surface area contributed by atoms with E-state index in [-0.39, 0.29) is 0 Å². The van der Waals surface area contributed by atoms with Gasteiger partial charge in [-0.1, -0.05) is 0 Å². The molecule has 0 saturated heterocycles. The summed E-state index contributed by atoms with van der Waals surface area (Å²) < 4.78 is 6.89. The van der Waals surface area contributed by atoms with Gasteiger partial charge in [-0.3, -0.25) is 0 Å². The van der Waals surface area contributed by atoms with Crippen LogP contribution < -0.4 is 0 Å². The maximum absolute atomic E-state index is 2.40. The van der Waals surface area contributed by atoms with Crippen LogP contribution in [0.1, 0.15) is 118 Å². The van der Waals surface area contributed by atoms with Gasteiger partial charge in [0.2, 0.25) is 0 Å². The Morgan fingerprint density at radius 3 is 1.00 bits per heavy atom. The zero-order valence-electron chi connectivity index (χ0n) is 17.2. The summed E-state index contributed by atoms with van der Waals surface area (Å²) in [7, 11) is 0. The first-order valence-corrected chi connectivity index (χ1v) is 19.3. The average Bonchev–Trinajstić information content (AvgIpc) is 2.57. The minimum absolute atomic E-state index is 1.39. The van der Waals surface area contributed by atoms with Gasteiger partial charge < -0.3 is 0 Å². The quantitative estimate of drug-likeness (QED) is 0.150. The molecule has 1 heteroatoms. The Balaban J connectivity index is 4.40. The van der Waals surface area contributed by atoms with E-state index in [1.165, 1.54) is 64.2 Å². The zero-order valence-corrected chi connectivity index (χ0v) is 20.1. The molecule has 0 aliphatic rings. The molecule has 0 spiro atoms. The van der Waals surface area contributed by atoms with E-state index in [1.54, 1.807) is 43.4 Å². The molecule has 0 aromatic heterocycles. The van der Waals surface area contributed by atoms with Crippen LogP contribution in [0.4, 0.5) is 0 Å². The number of hydrogen-bond acceptors (Lipinski definition) is 0. The molecule has 0 aliphatic heterocycles. The Morgan fingerprint density at radius 1 is 0.348 bits per heavy atom. The van der Waals surface area contributed by atoms with Crippen LogP contribution in [0.2, 0.25) is 17.7 Å². The fourth-order valence-electron chi connectivity index (χ4n) is 4.06. The third-order valence-corrected chi connectivity index (χ3v) is 21.9. The standard InChI is InChI=1S/2C7H15.2C4H9.Sn/c2*1-3-5-7-6-4-2;2*1-3-4-2;/h2*1,3-7H2,2H3;2*1,3-4H2,2H3;. The maximum atomic E-state index is 2.40. The van der Waals surface area contributed by atoms with Crippen LogP contribution in [0.3, 0.4) is 0 Å². The molecule has 0 radical (unpaired) electrons. The van der Waals surface area contributed by atoms with Crippen molar-refractivity contribution in [1.29, 1.82) is 0 Å². The first-order valence-electron chi connectivity index (χ1n) is 11.2. The Morgan fingerprint density at radius 2 is 0.652 bits per heavy atom. The van der Waals surface area contributed by atoms with Gasteiger partial charge >= 0.3 is 154 Å². The molecule has 0 fully saturated rings. The van der Waals surface area contributed by atoms with Gasteiger partial charge in [-0.05, 0) is 0 Å². The molecular formula is C22H48Sn. The predicted molar refractivity (Wildman–Crippen MR) is 112 cm³/mol. The van der Waals surface area contributed by atoms with Gasteiger partial charge in [0.05, 0.1) is 0 Å². The topological polar surface area (TPSA) is 0 Å². The van der Waals surface area contributed by atoms with Gasteiger partial charge in [0.15, 0.2) is 0 Å². The van der Waals surface area contributed by atoms with E-state index < -0.39 is 18.4 Å². The van der Waals surface area contributed by atoms with Crippen molar-refractivity contribution in [2.24, 2.45) is 0 Å². The molecule has 0 unspecified atom stereocenters. The second kappa shape index (κ2) is 17.6. The van der Waals surface area contributed by atoms with Gasteiger partial charge in [0.25, 0.3) is 0 Å². The molecule has 0 atom stereocenters. The summed E-state index contributed by atoms with van der Waals surface area (Å²) >= 11 is -1.81. The van der Waals surface area contributed by atoms with Crippen molar-refractivity contribution in [3.8, 4) is 0 Å². The summed E-state index contributed by atoms with van der Waals surface area (Å²) in [4.78, 5) is 0. The van der Waals surface area contributed by atoms with Gasteiger partial charge in [0.1, 0.15) is 0 Å². The van der Waals surface area contributed by atoms with E-state index in [4.69, 9.17) is 0 Å². The van der Waals surface area contributed by atoms with E-state index in [0.29, 0.717) is 0 Å². The van der Waals surface area contributed by atoms with Crippen LogP contribution >= 0.6 is 0 Å². The van der Waals surface area contributed by atoms with E-state index in [1.807, 2.05) is 0 Å². The molecule has 0 amide bonds. The Labute approximate surface area is 153 Å². The third kappa shape index (κ3) is 13.7. The molecule has 0 bridgehead atoms. The molecule has 0 rings (SSSR count). The summed E-state index contributed by atoms with van der Waals surface area (Å²) in [5.41, 5.74) is 0. The van der Waals surface area contributed by atoms with Crippen LogP contribution in [-0.4, -0.2) is 18.4 Å². The monoisotopic (exact) mass is 432 g/mol. The van der Waals surface area contributed by atoms with E-state index in [0.717, 1.165) is 0 Å². The molecule has 0 aliphatic carbocycles. The van der Waals surface area contributed by atoms with E-state index in [9.17, 15) is 0 Å². The molecule has 0 N–H and O–H groups in total. The number of unbranched alkanes of at least 4 members (excludes halogenated alkanes) is 10. The zero-order chi connectivity index (χ0) is 17.2. The van der Waals surface area contributed by atoms with E-state index >= 15 is 0 Å². The molecule has 0 nitrogen and oxygen atoms in total. The Hall–Kier alpha value is 0.799. The summed E-state index contributed by atoms with van der Waals surface area (Å²) in [6.45, 7) is 9.47. The second-order valence-corrected chi connectivity index (χ2v) is 22.3. The Bertz CT molecular complexity index is 200. The fourth-order valence-corrected chi connectivity index (χ4v) is 20.3. The summed E-state index contributed by atoms with van der Waals surface area (Å²) in [5.74, 6) is 0. The van der Waals surface area contributed by atoms with Crippen molar-refractivity contribution < 1.29 is 0 Å². The first-order chi connectivity index (χ1) is 11.2. The van der Waals surface area contributed by atoms with Crippen molar-refractivity contribution in [2.75, 3.05) is 0 Å². The fraction of sp³-hybridized carbons (Fsp3) is 1.00. The van der Waals surface area contributed by atoms with Crippen LogP contribution in [0, 0.1) is 0 Å². The molecule has 0 heterocycles. The summed E-state index contributed by atoms with van der Waals surface area (Å²) in [6, 6.07) is 0. The van der Waals surface area contributed by atoms with Gasteiger partial charge in [-0.15, -0.1) is 0 Å². The van der Waals surface area contributed by atoms with Crippen molar-refractivity contribution in [3.05, 3.63) is 0 Å². The number of hydrogen-bond donors (Lipinski definition) is 0. The first kappa shape index (κ1) is 23.8. The van der Waals surface area contributed by atoms with Crippen molar-refractivity contribution in [2.45, 2.75) is 135 Å². The van der Waals surface area contributed by atoms with Crippen molar-refractivity contribution >= 4 is 18.4 Å². The van der Waals surface area contributed by atoms with Gasteiger partial charge in [0, 0.05) is 0 Å². The van der Waals surface area contributed by atoms with Gasteiger partial charge in [-0.2, -0.15) is 0 Å². The normalized spacial score (nSPS) is 12.0. The van der Waals surface area contributed by atoms with E-state index in [2.05, 4.69) is 27.7 Å². The second-order valence-electron chi connectivity index (χ2n) is 8.04. The van der Waals surface area contributed by atoms with Gasteiger partial charge in [-0.25, -0.2) is 0 Å². The van der Waals surface area contributed by atoms with Crippen LogP contribution in [-0.2, 0) is 0 Å². The molecule has 0 aromatic rings. The predicted octanol–water partition coefficient (Wildman–Crippen LogP) is 8.98. The summed E-state index contributed by atoms with van der Waals surface area (Å²) in [6.07, 6.45) is 20.9. The molecular weight excluding hydrogens is 383 g/mol. The molecule has 140 valence electrons. The Kier molecular flexibility index (Phi) is 18.2. The molecule has 0 aromatic carbocycles. The molecule has 23 heavy (non-hydrogen) atoms. The number of rotatable bonds is 18. The van der Waals surface area contributed by atoms with Crippen LogP contribution in [0.5, 0.6) is 0 Å². The van der Waals surface area contributed by atoms with Crippen molar-refractivity contribution in [1.82, 2.24) is 0 Å². The van der Waals surface area contributed by atoms with Crippen molar-refractivity contribution in [3.63, 3.8) is 0 Å². The third-order valence-electron chi connectivity index (χ3n) is 5.74. The minimum atomic E-state index is -1.81. The SMILES string of the molecule is CCCCCC[CH2][Sn]([CH2]CCC)([CH2]CCC)[CH2]CCCCCC.